The fourth-order valence-electron chi connectivity index (χ4n) is 3.22. The number of nitrogens with one attached hydrogen (secondary N) is 1. The van der Waals surface area contributed by atoms with Gasteiger partial charge in [-0.05, 0) is 42.0 Å². The highest BCUT2D eigenvalue weighted by Crippen LogP contribution is 2.40. The van der Waals surface area contributed by atoms with Crippen LogP contribution in [0.5, 0.6) is 5.75 Å². The Morgan fingerprint density at radius 1 is 1.11 bits per heavy atom. The van der Waals surface area contributed by atoms with Gasteiger partial charge in [0.05, 0.1) is 32.6 Å². The van der Waals surface area contributed by atoms with Crippen LogP contribution in [0, 0.1) is 15.5 Å². The number of halogens is 2. The van der Waals surface area contributed by atoms with Gasteiger partial charge < -0.3 is 15.6 Å². The summed E-state index contributed by atoms with van der Waals surface area (Å²) in [5.74, 6) is -0.573. The van der Waals surface area contributed by atoms with E-state index in [-0.39, 0.29) is 17.7 Å². The number of carbonyl (C=O) groups is 1. The summed E-state index contributed by atoms with van der Waals surface area (Å²) in [6, 6.07) is 19.0. The lowest BCUT2D eigenvalue weighted by Gasteiger charge is -2.05. The molecule has 4 rings (SSSR count). The molecular formula is C25H20Cl2N4O5S. The third-order valence-electron chi connectivity index (χ3n) is 5.00. The minimum absolute atomic E-state index is 0.163. The Hall–Kier alpha value is -3.99. The van der Waals surface area contributed by atoms with Gasteiger partial charge in [-0.25, -0.2) is 9.78 Å². The second-order valence-electron chi connectivity index (χ2n) is 7.43. The first-order chi connectivity index (χ1) is 17.6. The number of nitrogens with zero attached hydrogens (tertiary/aromatic N) is 2. The van der Waals surface area contributed by atoms with Crippen LogP contribution < -0.4 is 10.5 Å². The molecule has 0 aliphatic heterocycles. The third-order valence-corrected chi connectivity index (χ3v) is 6.68. The van der Waals surface area contributed by atoms with Crippen molar-refractivity contribution in [2.24, 2.45) is 0 Å². The molecule has 37 heavy (non-hydrogen) atoms. The number of rotatable bonds is 7. The summed E-state index contributed by atoms with van der Waals surface area (Å²) < 4.78 is 5.18. The van der Waals surface area contributed by atoms with Crippen molar-refractivity contribution in [2.75, 3.05) is 12.8 Å². The molecule has 0 atom stereocenters. The van der Waals surface area contributed by atoms with Crippen molar-refractivity contribution in [1.82, 2.24) is 4.98 Å². The average molecular weight is 559 g/mol. The van der Waals surface area contributed by atoms with E-state index in [0.29, 0.717) is 15.2 Å². The number of carboxylic acids is 1. The fraction of sp³-hybridized carbons (Fsp3) is 0.0800. The minimum Gasteiger partial charge on any atom is -0.497 e. The van der Waals surface area contributed by atoms with Crippen LogP contribution in [0.4, 0.5) is 10.8 Å². The number of para-hydroxylation sites is 1. The van der Waals surface area contributed by atoms with Crippen LogP contribution in [0.2, 0.25) is 10.0 Å². The highest BCUT2D eigenvalue weighted by atomic mass is 35.5. The Labute approximate surface area is 225 Å². The lowest BCUT2D eigenvalue weighted by Crippen LogP contribution is -2.14. The molecule has 0 radical (unpaired) electrons. The van der Waals surface area contributed by atoms with Crippen molar-refractivity contribution in [1.29, 1.82) is 5.41 Å². The average Bonchev–Trinajstić information content (AvgIpc) is 3.27. The molecule has 0 spiro atoms. The maximum absolute atomic E-state index is 10.6. The van der Waals surface area contributed by atoms with Crippen molar-refractivity contribution >= 4 is 57.0 Å². The van der Waals surface area contributed by atoms with E-state index >= 15 is 0 Å². The van der Waals surface area contributed by atoms with E-state index in [1.807, 2.05) is 36.4 Å². The van der Waals surface area contributed by atoms with E-state index in [9.17, 15) is 14.9 Å². The molecular weight excluding hydrogens is 539 g/mol. The van der Waals surface area contributed by atoms with Crippen molar-refractivity contribution < 1.29 is 19.6 Å². The summed E-state index contributed by atoms with van der Waals surface area (Å²) in [7, 11) is 1.64. The van der Waals surface area contributed by atoms with Crippen molar-refractivity contribution in [3.8, 4) is 27.4 Å². The molecule has 0 saturated heterocycles. The van der Waals surface area contributed by atoms with Crippen LogP contribution in [-0.4, -0.2) is 33.8 Å². The molecule has 0 amide bonds. The number of thiazole rings is 1. The van der Waals surface area contributed by atoms with Crippen LogP contribution in [-0.2, 0) is 11.2 Å². The number of carboxylic acid groups (broad SMARTS) is 1. The molecule has 1 aromatic heterocycles. The standard InChI is InChI=1S/C16H12Cl2N2OS.C9H8N2O4/c1-21-11-5-2-9(3-6-11)14-15(22-16(19)20-14)10-4-7-12(17)13(18)8-10;10-7(9(12)13)5-6-3-1-2-4-8(6)11(14)15/h2-8H,1H3,(H2,19,20);1-4,10H,5H2,(H,12,13). The van der Waals surface area contributed by atoms with Gasteiger partial charge in [-0.2, -0.15) is 0 Å². The fourth-order valence-corrected chi connectivity index (χ4v) is 4.37. The Morgan fingerprint density at radius 2 is 1.76 bits per heavy atom. The first-order valence-corrected chi connectivity index (χ1v) is 12.1. The normalized spacial score (nSPS) is 10.2. The Bertz CT molecular complexity index is 1460. The van der Waals surface area contributed by atoms with E-state index < -0.39 is 16.6 Å². The van der Waals surface area contributed by atoms with Crippen LogP contribution in [0.25, 0.3) is 21.7 Å². The zero-order valence-electron chi connectivity index (χ0n) is 19.3. The predicted molar refractivity (Wildman–Crippen MR) is 146 cm³/mol. The minimum atomic E-state index is -1.37. The largest absolute Gasteiger partial charge is 0.497 e. The predicted octanol–water partition coefficient (Wildman–Crippen LogP) is 6.62. The number of nitro groups is 1. The third kappa shape index (κ3) is 7.04. The van der Waals surface area contributed by atoms with Gasteiger partial charge in [0, 0.05) is 23.6 Å². The van der Waals surface area contributed by atoms with Gasteiger partial charge >= 0.3 is 5.97 Å². The van der Waals surface area contributed by atoms with Crippen molar-refractivity contribution in [3.63, 3.8) is 0 Å². The summed E-state index contributed by atoms with van der Waals surface area (Å²) >= 11 is 13.5. The number of hydrogen-bond acceptors (Lipinski definition) is 8. The van der Waals surface area contributed by atoms with Gasteiger partial charge in [-0.15, -0.1) is 0 Å². The van der Waals surface area contributed by atoms with Crippen LogP contribution >= 0.6 is 34.5 Å². The monoisotopic (exact) mass is 558 g/mol. The molecule has 12 heteroatoms. The SMILES string of the molecule is COc1ccc(-c2nc(N)sc2-c2ccc(Cl)c(Cl)c2)cc1.N=C(Cc1ccccc1[N+](=O)[O-])C(=O)O. The van der Waals surface area contributed by atoms with Crippen LogP contribution in [0.3, 0.4) is 0 Å². The van der Waals surface area contributed by atoms with Gasteiger partial charge in [0.1, 0.15) is 11.5 Å². The van der Waals surface area contributed by atoms with E-state index in [4.69, 9.17) is 44.2 Å². The van der Waals surface area contributed by atoms with Gasteiger partial charge in [0.25, 0.3) is 5.69 Å². The van der Waals surface area contributed by atoms with E-state index in [0.717, 1.165) is 27.4 Å². The van der Waals surface area contributed by atoms with E-state index in [2.05, 4.69) is 4.98 Å². The number of aliphatic carboxylic acids is 1. The summed E-state index contributed by atoms with van der Waals surface area (Å²) in [4.78, 5) is 25.8. The number of anilines is 1. The molecule has 0 saturated carbocycles. The summed E-state index contributed by atoms with van der Waals surface area (Å²) in [5, 5.41) is 27.7. The van der Waals surface area contributed by atoms with Crippen molar-refractivity contribution in [3.05, 3.63) is 92.5 Å². The topological polar surface area (TPSA) is 152 Å². The first kappa shape index (κ1) is 27.6. The number of nitrogen functional groups attached to an aromatic ring is 1. The van der Waals surface area contributed by atoms with E-state index in [1.54, 1.807) is 19.2 Å². The maximum Gasteiger partial charge on any atom is 0.349 e. The van der Waals surface area contributed by atoms with Gasteiger partial charge in [0.2, 0.25) is 0 Å². The summed E-state index contributed by atoms with van der Waals surface area (Å²) in [6.07, 6.45) is -0.244. The molecule has 1 heterocycles. The molecule has 0 unspecified atom stereocenters. The quantitative estimate of drug-likeness (QED) is 0.131. The van der Waals surface area contributed by atoms with Crippen LogP contribution in [0.1, 0.15) is 5.56 Å². The van der Waals surface area contributed by atoms with Gasteiger partial charge in [-0.3, -0.25) is 15.5 Å². The highest BCUT2D eigenvalue weighted by Gasteiger charge is 2.17. The Morgan fingerprint density at radius 3 is 2.35 bits per heavy atom. The Balaban J connectivity index is 0.000000222. The van der Waals surface area contributed by atoms with Gasteiger partial charge in [0.15, 0.2) is 5.13 Å². The number of aromatic nitrogens is 1. The molecule has 0 aliphatic carbocycles. The molecule has 190 valence electrons. The number of nitrogens with two attached hydrogens (primary N) is 1. The van der Waals surface area contributed by atoms with E-state index in [1.165, 1.54) is 29.5 Å². The highest BCUT2D eigenvalue weighted by molar-refractivity contribution is 7.19. The van der Waals surface area contributed by atoms with Crippen molar-refractivity contribution in [2.45, 2.75) is 6.42 Å². The number of benzene rings is 3. The smallest absolute Gasteiger partial charge is 0.349 e. The number of ether oxygens (including phenoxy) is 1. The molecule has 0 aliphatic rings. The zero-order valence-corrected chi connectivity index (χ0v) is 21.6. The molecule has 0 bridgehead atoms. The lowest BCUT2D eigenvalue weighted by molar-refractivity contribution is -0.385. The number of methoxy groups -OCH3 is 1. The summed E-state index contributed by atoms with van der Waals surface area (Å²) in [6.45, 7) is 0. The molecule has 3 aromatic carbocycles. The second-order valence-corrected chi connectivity index (χ2v) is 9.28. The first-order valence-electron chi connectivity index (χ1n) is 10.5. The van der Waals surface area contributed by atoms with Crippen LogP contribution in [0.15, 0.2) is 66.7 Å². The zero-order chi connectivity index (χ0) is 27.1. The molecule has 4 N–H and O–H groups in total. The second kappa shape index (κ2) is 12.3. The maximum atomic E-state index is 10.6. The molecule has 4 aromatic rings. The number of hydrogen-bond donors (Lipinski definition) is 3. The summed E-state index contributed by atoms with van der Waals surface area (Å²) in [5.41, 5.74) is 8.13. The lowest BCUT2D eigenvalue weighted by atomic mass is 10.1. The number of nitro benzene ring substituents is 1. The molecule has 9 nitrogen and oxygen atoms in total. The Kier molecular flexibility index (Phi) is 9.18. The van der Waals surface area contributed by atoms with Gasteiger partial charge in [-0.1, -0.05) is 58.8 Å². The molecule has 0 fully saturated rings.